The van der Waals surface area contributed by atoms with Gasteiger partial charge in [-0.25, -0.2) is 10.5 Å². The lowest BCUT2D eigenvalue weighted by Gasteiger charge is -2.20. The third-order valence-corrected chi connectivity index (χ3v) is 5.70. The molecule has 0 saturated carbocycles. The van der Waals surface area contributed by atoms with Crippen LogP contribution >= 0.6 is 0 Å². The van der Waals surface area contributed by atoms with Gasteiger partial charge in [-0.05, 0) is 47.5 Å². The molecule has 10 heteroatoms. The van der Waals surface area contributed by atoms with Crippen LogP contribution in [0.5, 0.6) is 11.5 Å². The van der Waals surface area contributed by atoms with Gasteiger partial charge in [0.15, 0.2) is 23.1 Å². The first-order valence-corrected chi connectivity index (χ1v) is 11.3. The number of anilines is 3. The number of hydrogen-bond donors (Lipinski definition) is 3. The Morgan fingerprint density at radius 2 is 1.64 bits per heavy atom. The van der Waals surface area contributed by atoms with Crippen molar-refractivity contribution in [3.63, 3.8) is 0 Å². The third kappa shape index (κ3) is 4.17. The number of hydrazine groups is 1. The van der Waals surface area contributed by atoms with E-state index in [0.29, 0.717) is 47.9 Å². The maximum Gasteiger partial charge on any atom is 0.231 e. The SMILES string of the molecule is NNc1nc(Nc2ccccc2)nc(-n2cc(-c3ccncc3)cn2)c1-c1ccc2c(c1)OCCO2. The maximum absolute atomic E-state index is 5.97. The Bertz CT molecular complexity index is 1510. The number of rotatable bonds is 6. The van der Waals surface area contributed by atoms with Crippen molar-refractivity contribution in [2.75, 3.05) is 24.0 Å². The van der Waals surface area contributed by atoms with Crippen LogP contribution in [0.4, 0.5) is 17.5 Å². The van der Waals surface area contributed by atoms with Crippen LogP contribution in [0.1, 0.15) is 0 Å². The highest BCUT2D eigenvalue weighted by Crippen LogP contribution is 2.39. The first kappa shape index (κ1) is 21.6. The number of nitrogens with zero attached hydrogens (tertiary/aromatic N) is 5. The van der Waals surface area contributed by atoms with E-state index < -0.39 is 0 Å². The molecule has 0 spiro atoms. The van der Waals surface area contributed by atoms with Gasteiger partial charge in [0.2, 0.25) is 5.95 Å². The summed E-state index contributed by atoms with van der Waals surface area (Å²) in [5.74, 6) is 8.64. The molecule has 0 radical (unpaired) electrons. The molecule has 5 aromatic rings. The minimum atomic E-state index is 0.367. The van der Waals surface area contributed by atoms with E-state index in [-0.39, 0.29) is 0 Å². The zero-order chi connectivity index (χ0) is 24.3. The highest BCUT2D eigenvalue weighted by Gasteiger charge is 2.21. The Balaban J connectivity index is 1.51. The van der Waals surface area contributed by atoms with Gasteiger partial charge in [-0.2, -0.15) is 15.1 Å². The van der Waals surface area contributed by atoms with Crippen molar-refractivity contribution in [3.05, 3.63) is 85.5 Å². The second-order valence-corrected chi connectivity index (χ2v) is 8.00. The molecule has 0 aliphatic carbocycles. The number of pyridine rings is 1. The molecule has 6 rings (SSSR count). The van der Waals surface area contributed by atoms with Crippen LogP contribution in [0, 0.1) is 0 Å². The van der Waals surface area contributed by atoms with E-state index in [2.05, 4.69) is 25.8 Å². The topological polar surface area (TPSA) is 125 Å². The first-order valence-electron chi connectivity index (χ1n) is 11.3. The molecule has 4 N–H and O–H groups in total. The molecule has 10 nitrogen and oxygen atoms in total. The van der Waals surface area contributed by atoms with Gasteiger partial charge < -0.3 is 20.2 Å². The van der Waals surface area contributed by atoms with Crippen LogP contribution in [-0.4, -0.2) is 37.9 Å². The van der Waals surface area contributed by atoms with Gasteiger partial charge in [0.25, 0.3) is 0 Å². The number of ether oxygens (including phenoxy) is 2. The van der Waals surface area contributed by atoms with Crippen LogP contribution in [0.15, 0.2) is 85.5 Å². The van der Waals surface area contributed by atoms with E-state index in [9.17, 15) is 0 Å². The lowest BCUT2D eigenvalue weighted by atomic mass is 10.1. The molecule has 2 aromatic carbocycles. The molecule has 0 unspecified atom stereocenters. The fraction of sp³-hybridized carbons (Fsp3) is 0.0769. The summed E-state index contributed by atoms with van der Waals surface area (Å²) in [5, 5.41) is 7.86. The third-order valence-electron chi connectivity index (χ3n) is 5.70. The van der Waals surface area contributed by atoms with Gasteiger partial charge in [0.1, 0.15) is 13.2 Å². The monoisotopic (exact) mass is 478 g/mol. The molecule has 3 aromatic heterocycles. The number of fused-ring (bicyclic) bond motifs is 1. The summed E-state index contributed by atoms with van der Waals surface area (Å²) in [7, 11) is 0. The van der Waals surface area contributed by atoms with E-state index in [1.807, 2.05) is 66.9 Å². The van der Waals surface area contributed by atoms with Gasteiger partial charge in [-0.15, -0.1) is 0 Å². The van der Waals surface area contributed by atoms with Crippen LogP contribution in [-0.2, 0) is 0 Å². The van der Waals surface area contributed by atoms with Crippen LogP contribution < -0.4 is 26.1 Å². The zero-order valence-electron chi connectivity index (χ0n) is 19.1. The van der Waals surface area contributed by atoms with Gasteiger partial charge in [0.05, 0.1) is 11.8 Å². The summed E-state index contributed by atoms with van der Waals surface area (Å²) in [6, 6.07) is 19.2. The predicted molar refractivity (Wildman–Crippen MR) is 136 cm³/mol. The highest BCUT2D eigenvalue weighted by molar-refractivity contribution is 5.84. The molecule has 0 atom stereocenters. The van der Waals surface area contributed by atoms with Crippen molar-refractivity contribution in [2.45, 2.75) is 0 Å². The largest absolute Gasteiger partial charge is 0.486 e. The molecular weight excluding hydrogens is 456 g/mol. The van der Waals surface area contributed by atoms with E-state index in [4.69, 9.17) is 20.3 Å². The number of aromatic nitrogens is 5. The van der Waals surface area contributed by atoms with Crippen molar-refractivity contribution in [2.24, 2.45) is 5.84 Å². The number of nitrogen functional groups attached to an aromatic ring is 1. The van der Waals surface area contributed by atoms with Crippen molar-refractivity contribution in [1.82, 2.24) is 24.7 Å². The lowest BCUT2D eigenvalue weighted by Crippen LogP contribution is -2.16. The van der Waals surface area contributed by atoms with Crippen LogP contribution in [0.25, 0.3) is 28.1 Å². The average molecular weight is 479 g/mol. The number of hydrogen-bond acceptors (Lipinski definition) is 9. The Morgan fingerprint density at radius 3 is 2.44 bits per heavy atom. The summed E-state index contributed by atoms with van der Waals surface area (Å²) < 4.78 is 13.2. The van der Waals surface area contributed by atoms with E-state index in [0.717, 1.165) is 22.4 Å². The Hall–Kier alpha value is -4.96. The Kier molecular flexibility index (Phi) is 5.60. The number of nitrogens with two attached hydrogens (primary N) is 1. The highest BCUT2D eigenvalue weighted by atomic mass is 16.6. The molecule has 36 heavy (non-hydrogen) atoms. The quantitative estimate of drug-likeness (QED) is 0.243. The number of nitrogens with one attached hydrogen (secondary N) is 2. The molecule has 0 bridgehead atoms. The second kappa shape index (κ2) is 9.35. The molecule has 0 amide bonds. The van der Waals surface area contributed by atoms with Gasteiger partial charge in [-0.3, -0.25) is 4.98 Å². The summed E-state index contributed by atoms with van der Waals surface area (Å²) in [6.07, 6.45) is 7.18. The van der Waals surface area contributed by atoms with Crippen LogP contribution in [0.3, 0.4) is 0 Å². The average Bonchev–Trinajstić information content (AvgIpc) is 3.44. The summed E-state index contributed by atoms with van der Waals surface area (Å²) >= 11 is 0. The summed E-state index contributed by atoms with van der Waals surface area (Å²) in [6.45, 7) is 0.997. The van der Waals surface area contributed by atoms with Gasteiger partial charge in [-0.1, -0.05) is 24.3 Å². The summed E-state index contributed by atoms with van der Waals surface area (Å²) in [4.78, 5) is 13.6. The second-order valence-electron chi connectivity index (χ2n) is 8.00. The summed E-state index contributed by atoms with van der Waals surface area (Å²) in [5.41, 5.74) is 6.96. The van der Waals surface area contributed by atoms with Gasteiger partial charge >= 0.3 is 0 Å². The molecule has 4 heterocycles. The molecular formula is C26H22N8O2. The fourth-order valence-electron chi connectivity index (χ4n) is 4.02. The first-order chi connectivity index (χ1) is 17.8. The van der Waals surface area contributed by atoms with Crippen molar-refractivity contribution in [1.29, 1.82) is 0 Å². The number of para-hydroxylation sites is 1. The molecule has 1 aliphatic rings. The maximum atomic E-state index is 5.97. The smallest absolute Gasteiger partial charge is 0.231 e. The van der Waals surface area contributed by atoms with E-state index >= 15 is 0 Å². The lowest BCUT2D eigenvalue weighted by molar-refractivity contribution is 0.171. The van der Waals surface area contributed by atoms with Gasteiger partial charge in [0, 0.05) is 29.8 Å². The van der Waals surface area contributed by atoms with E-state index in [1.54, 1.807) is 23.3 Å². The molecule has 178 valence electrons. The zero-order valence-corrected chi connectivity index (χ0v) is 19.1. The Labute approximate surface area is 206 Å². The van der Waals surface area contributed by atoms with Crippen molar-refractivity contribution >= 4 is 17.5 Å². The minimum Gasteiger partial charge on any atom is -0.486 e. The number of benzene rings is 2. The minimum absolute atomic E-state index is 0.367. The molecule has 0 saturated heterocycles. The normalized spacial score (nSPS) is 12.2. The fourth-order valence-corrected chi connectivity index (χ4v) is 4.02. The van der Waals surface area contributed by atoms with Crippen molar-refractivity contribution in [3.8, 4) is 39.6 Å². The Morgan fingerprint density at radius 1 is 0.833 bits per heavy atom. The molecule has 0 fully saturated rings. The van der Waals surface area contributed by atoms with E-state index in [1.165, 1.54) is 0 Å². The van der Waals surface area contributed by atoms with Crippen LogP contribution in [0.2, 0.25) is 0 Å². The predicted octanol–water partition coefficient (Wildman–Crippen LogP) is 4.19. The van der Waals surface area contributed by atoms with Crippen molar-refractivity contribution < 1.29 is 9.47 Å². The standard InChI is InChI=1S/C26H22N8O2/c27-33-24-23(18-6-7-21-22(14-18)36-13-12-35-21)25(32-26(31-24)30-20-4-2-1-3-5-20)34-16-19(15-29-34)17-8-10-28-11-9-17/h1-11,14-16H,12-13,27H2,(H2,30,31,32,33). The molecule has 1 aliphatic heterocycles.